The highest BCUT2D eigenvalue weighted by Gasteiger charge is 2.15. The fourth-order valence-electron chi connectivity index (χ4n) is 1.66. The quantitative estimate of drug-likeness (QED) is 0.864. The lowest BCUT2D eigenvalue weighted by molar-refractivity contribution is 0.0910. The highest BCUT2D eigenvalue weighted by atomic mass is 16.3. The van der Waals surface area contributed by atoms with Gasteiger partial charge in [0.2, 0.25) is 0 Å². The molecule has 19 heavy (non-hydrogen) atoms. The number of hydrogen-bond donors (Lipinski definition) is 2. The molecule has 1 atom stereocenters. The molecule has 0 aliphatic carbocycles. The number of aryl methyl sites for hydroxylation is 1. The van der Waals surface area contributed by atoms with Crippen molar-refractivity contribution in [3.63, 3.8) is 0 Å². The van der Waals surface area contributed by atoms with E-state index in [0.717, 1.165) is 11.3 Å². The zero-order valence-corrected chi connectivity index (χ0v) is 10.6. The van der Waals surface area contributed by atoms with Crippen LogP contribution < -0.4 is 5.32 Å². The summed E-state index contributed by atoms with van der Waals surface area (Å²) in [6.07, 6.45) is 2.95. The van der Waals surface area contributed by atoms with Gasteiger partial charge in [-0.3, -0.25) is 9.78 Å². The van der Waals surface area contributed by atoms with Crippen LogP contribution in [0.15, 0.2) is 42.7 Å². The third-order valence-corrected chi connectivity index (χ3v) is 2.70. The summed E-state index contributed by atoms with van der Waals surface area (Å²) >= 11 is 0. The van der Waals surface area contributed by atoms with Crippen molar-refractivity contribution in [2.75, 3.05) is 6.61 Å². The second-order valence-corrected chi connectivity index (χ2v) is 4.16. The summed E-state index contributed by atoms with van der Waals surface area (Å²) in [7, 11) is 0. The number of carbonyl (C=O) groups is 1. The molecule has 0 aliphatic rings. The molecule has 0 fully saturated rings. The molecule has 98 valence electrons. The summed E-state index contributed by atoms with van der Waals surface area (Å²) in [5, 5.41) is 12.1. The fraction of sp³-hybridized carbons (Fsp3) is 0.214. The topological polar surface area (TPSA) is 75.1 Å². The van der Waals surface area contributed by atoms with Crippen molar-refractivity contribution in [1.82, 2.24) is 15.3 Å². The van der Waals surface area contributed by atoms with Crippen LogP contribution in [-0.2, 0) is 0 Å². The second-order valence-electron chi connectivity index (χ2n) is 4.16. The summed E-state index contributed by atoms with van der Waals surface area (Å²) < 4.78 is 0. The Morgan fingerprint density at radius 1 is 1.26 bits per heavy atom. The average Bonchev–Trinajstić information content (AvgIpc) is 2.46. The smallest absolute Gasteiger partial charge is 0.272 e. The van der Waals surface area contributed by atoms with E-state index in [9.17, 15) is 9.90 Å². The molecule has 0 bridgehead atoms. The highest BCUT2D eigenvalue weighted by Crippen LogP contribution is 2.12. The molecule has 0 aliphatic heterocycles. The number of aliphatic hydroxyl groups excluding tert-OH is 1. The first-order chi connectivity index (χ1) is 9.20. The van der Waals surface area contributed by atoms with Crippen LogP contribution in [0.1, 0.15) is 27.8 Å². The van der Waals surface area contributed by atoms with Crippen LogP contribution in [0.5, 0.6) is 0 Å². The third kappa shape index (κ3) is 3.35. The Morgan fingerprint density at radius 3 is 2.58 bits per heavy atom. The minimum absolute atomic E-state index is 0.172. The standard InChI is InChI=1S/C14H15N3O2/c1-10-7-16-12(8-15-10)14(19)17-13(9-18)11-5-3-2-4-6-11/h2-8,13,18H,9H2,1H3,(H,17,19). The lowest BCUT2D eigenvalue weighted by atomic mass is 10.1. The normalized spacial score (nSPS) is 11.9. The Morgan fingerprint density at radius 2 is 2.00 bits per heavy atom. The molecule has 5 nitrogen and oxygen atoms in total. The Bertz CT molecular complexity index is 540. The molecule has 2 N–H and O–H groups in total. The Labute approximate surface area is 111 Å². The maximum atomic E-state index is 12.0. The van der Waals surface area contributed by atoms with Gasteiger partial charge in [-0.05, 0) is 12.5 Å². The first-order valence-corrected chi connectivity index (χ1v) is 5.96. The summed E-state index contributed by atoms with van der Waals surface area (Å²) in [5.74, 6) is -0.351. The first kappa shape index (κ1) is 13.2. The zero-order chi connectivity index (χ0) is 13.7. The van der Waals surface area contributed by atoms with E-state index in [2.05, 4.69) is 15.3 Å². The van der Waals surface area contributed by atoms with Crippen LogP contribution in [0.2, 0.25) is 0 Å². The molecule has 1 aromatic carbocycles. The summed E-state index contributed by atoms with van der Waals surface area (Å²) in [5.41, 5.74) is 1.83. The number of nitrogens with zero attached hydrogens (tertiary/aromatic N) is 2. The number of benzene rings is 1. The molecule has 5 heteroatoms. The number of amides is 1. The third-order valence-electron chi connectivity index (χ3n) is 2.70. The number of rotatable bonds is 4. The minimum Gasteiger partial charge on any atom is -0.394 e. The van der Waals surface area contributed by atoms with Crippen LogP contribution >= 0.6 is 0 Å². The lowest BCUT2D eigenvalue weighted by Gasteiger charge is -2.16. The first-order valence-electron chi connectivity index (χ1n) is 5.96. The molecular weight excluding hydrogens is 242 g/mol. The van der Waals surface area contributed by atoms with Crippen molar-refractivity contribution >= 4 is 5.91 Å². The van der Waals surface area contributed by atoms with E-state index in [1.165, 1.54) is 12.4 Å². The van der Waals surface area contributed by atoms with Gasteiger partial charge < -0.3 is 10.4 Å². The molecule has 1 aromatic heterocycles. The van der Waals surface area contributed by atoms with E-state index in [1.807, 2.05) is 30.3 Å². The Hall–Kier alpha value is -2.27. The van der Waals surface area contributed by atoms with Gasteiger partial charge in [-0.2, -0.15) is 0 Å². The van der Waals surface area contributed by atoms with Gasteiger partial charge in [0.15, 0.2) is 0 Å². The van der Waals surface area contributed by atoms with E-state index in [1.54, 1.807) is 6.92 Å². The van der Waals surface area contributed by atoms with Crippen LogP contribution in [-0.4, -0.2) is 27.6 Å². The number of hydrogen-bond acceptors (Lipinski definition) is 4. The number of nitrogens with one attached hydrogen (secondary N) is 1. The average molecular weight is 257 g/mol. The van der Waals surface area contributed by atoms with Gasteiger partial charge in [-0.1, -0.05) is 30.3 Å². The summed E-state index contributed by atoms with van der Waals surface area (Å²) in [6, 6.07) is 8.85. The molecule has 1 heterocycles. The molecule has 1 amide bonds. The molecule has 0 radical (unpaired) electrons. The predicted molar refractivity (Wildman–Crippen MR) is 70.5 cm³/mol. The minimum atomic E-state index is -0.447. The SMILES string of the molecule is Cc1cnc(C(=O)NC(CO)c2ccccc2)cn1. The van der Waals surface area contributed by atoms with Gasteiger partial charge in [0, 0.05) is 6.20 Å². The summed E-state index contributed by atoms with van der Waals surface area (Å²) in [4.78, 5) is 20.0. The van der Waals surface area contributed by atoms with Crippen LogP contribution in [0.3, 0.4) is 0 Å². The van der Waals surface area contributed by atoms with Gasteiger partial charge in [0.05, 0.1) is 24.5 Å². The maximum absolute atomic E-state index is 12.0. The van der Waals surface area contributed by atoms with E-state index in [4.69, 9.17) is 0 Å². The number of carbonyl (C=O) groups excluding carboxylic acids is 1. The predicted octanol–water partition coefficient (Wildman–Crippen LogP) is 1.25. The largest absolute Gasteiger partial charge is 0.394 e. The van der Waals surface area contributed by atoms with E-state index >= 15 is 0 Å². The molecule has 2 aromatic rings. The fourth-order valence-corrected chi connectivity index (χ4v) is 1.66. The van der Waals surface area contributed by atoms with Crippen molar-refractivity contribution in [2.45, 2.75) is 13.0 Å². The van der Waals surface area contributed by atoms with Crippen molar-refractivity contribution in [1.29, 1.82) is 0 Å². The molecule has 1 unspecified atom stereocenters. The zero-order valence-electron chi connectivity index (χ0n) is 10.6. The number of aliphatic hydroxyl groups is 1. The molecule has 0 saturated carbocycles. The van der Waals surface area contributed by atoms with E-state index in [-0.39, 0.29) is 18.2 Å². The van der Waals surface area contributed by atoms with Crippen molar-refractivity contribution in [3.8, 4) is 0 Å². The molecule has 0 spiro atoms. The van der Waals surface area contributed by atoms with Gasteiger partial charge in [0.1, 0.15) is 5.69 Å². The van der Waals surface area contributed by atoms with E-state index < -0.39 is 6.04 Å². The van der Waals surface area contributed by atoms with Gasteiger partial charge in [-0.15, -0.1) is 0 Å². The maximum Gasteiger partial charge on any atom is 0.272 e. The van der Waals surface area contributed by atoms with Gasteiger partial charge in [-0.25, -0.2) is 4.98 Å². The van der Waals surface area contributed by atoms with Crippen LogP contribution in [0.4, 0.5) is 0 Å². The van der Waals surface area contributed by atoms with Gasteiger partial charge in [0.25, 0.3) is 5.91 Å². The lowest BCUT2D eigenvalue weighted by Crippen LogP contribution is -2.31. The highest BCUT2D eigenvalue weighted by molar-refractivity contribution is 5.92. The Balaban J connectivity index is 2.10. The van der Waals surface area contributed by atoms with Crippen molar-refractivity contribution in [2.24, 2.45) is 0 Å². The Kier molecular flexibility index (Phi) is 4.20. The van der Waals surface area contributed by atoms with Crippen LogP contribution in [0.25, 0.3) is 0 Å². The van der Waals surface area contributed by atoms with Gasteiger partial charge >= 0.3 is 0 Å². The van der Waals surface area contributed by atoms with Crippen LogP contribution in [0, 0.1) is 6.92 Å². The molecule has 2 rings (SSSR count). The van der Waals surface area contributed by atoms with Crippen molar-refractivity contribution < 1.29 is 9.90 Å². The van der Waals surface area contributed by atoms with Crippen molar-refractivity contribution in [3.05, 3.63) is 59.7 Å². The summed E-state index contributed by atoms with van der Waals surface area (Å²) in [6.45, 7) is 1.63. The van der Waals surface area contributed by atoms with E-state index in [0.29, 0.717) is 0 Å². The molecular formula is C14H15N3O2. The number of aromatic nitrogens is 2. The second kappa shape index (κ2) is 6.06. The molecule has 0 saturated heterocycles. The monoisotopic (exact) mass is 257 g/mol.